The summed E-state index contributed by atoms with van der Waals surface area (Å²) in [5.74, 6) is 0.575. The highest BCUT2D eigenvalue weighted by Gasteiger charge is 2.08. The van der Waals surface area contributed by atoms with E-state index in [1.165, 1.54) is 31.2 Å². The van der Waals surface area contributed by atoms with Crippen LogP contribution in [0.4, 0.5) is 10.5 Å². The third-order valence-electron chi connectivity index (χ3n) is 5.88. The molecule has 0 spiro atoms. The summed E-state index contributed by atoms with van der Waals surface area (Å²) in [4.78, 5) is 12.5. The molecule has 0 bridgehead atoms. The van der Waals surface area contributed by atoms with E-state index in [1.54, 1.807) is 0 Å². The third-order valence-corrected chi connectivity index (χ3v) is 5.88. The molecule has 35 heavy (non-hydrogen) atoms. The monoisotopic (exact) mass is 467 g/mol. The molecular weight excluding hydrogens is 430 g/mol. The second kappa shape index (κ2) is 15.3. The number of hydrogen-bond donors (Lipinski definition) is 1. The number of nitrogens with one attached hydrogen (secondary N) is 1. The van der Waals surface area contributed by atoms with Gasteiger partial charge in [-0.05, 0) is 67.7 Å². The van der Waals surface area contributed by atoms with E-state index < -0.39 is 6.09 Å². The van der Waals surface area contributed by atoms with Crippen LogP contribution < -0.4 is 10.1 Å². The predicted molar refractivity (Wildman–Crippen MR) is 149 cm³/mol. The minimum absolute atomic E-state index is 0.472. The smallest absolute Gasteiger partial charge is 0.410 e. The Morgan fingerprint density at radius 1 is 0.800 bits per heavy atom. The van der Waals surface area contributed by atoms with E-state index >= 15 is 0 Å². The molecule has 0 aliphatic carbocycles. The van der Waals surface area contributed by atoms with Crippen molar-refractivity contribution in [2.45, 2.75) is 57.8 Å². The molecule has 1 N–H and O–H groups in total. The lowest BCUT2D eigenvalue weighted by Gasteiger charge is -2.10. The van der Waals surface area contributed by atoms with Gasteiger partial charge < -0.3 is 4.74 Å². The maximum absolute atomic E-state index is 12.5. The summed E-state index contributed by atoms with van der Waals surface area (Å²) in [6.45, 7) is 3.71. The molecule has 1 amide bonds. The number of amides is 1. The molecule has 182 valence electrons. The highest BCUT2D eigenvalue weighted by atomic mass is 16.6. The number of ether oxygens (including phenoxy) is 1. The minimum atomic E-state index is -0.472. The third kappa shape index (κ3) is 9.66. The lowest BCUT2D eigenvalue weighted by molar-refractivity contribution is 0.215. The van der Waals surface area contributed by atoms with E-state index in [0.717, 1.165) is 48.6 Å². The predicted octanol–water partition coefficient (Wildman–Crippen LogP) is 9.41. The maximum Gasteiger partial charge on any atom is 0.417 e. The minimum Gasteiger partial charge on any atom is -0.410 e. The summed E-state index contributed by atoms with van der Waals surface area (Å²) in [6, 6.07) is 21.7. The van der Waals surface area contributed by atoms with E-state index in [1.807, 2.05) is 66.7 Å². The first-order valence-corrected chi connectivity index (χ1v) is 12.7. The topological polar surface area (TPSA) is 38.3 Å². The van der Waals surface area contributed by atoms with Gasteiger partial charge in [-0.1, -0.05) is 98.2 Å². The molecule has 3 nitrogen and oxygen atoms in total. The Hall–Kier alpha value is -3.59. The molecule has 0 aromatic heterocycles. The Morgan fingerprint density at radius 2 is 1.54 bits per heavy atom. The lowest BCUT2D eigenvalue weighted by atomic mass is 10.0. The van der Waals surface area contributed by atoms with Crippen LogP contribution in [0.15, 0.2) is 104 Å². The van der Waals surface area contributed by atoms with Crippen molar-refractivity contribution in [1.29, 1.82) is 0 Å². The summed E-state index contributed by atoms with van der Waals surface area (Å²) >= 11 is 0. The zero-order valence-electron chi connectivity index (χ0n) is 20.6. The van der Waals surface area contributed by atoms with Crippen molar-refractivity contribution < 1.29 is 9.53 Å². The maximum atomic E-state index is 12.5. The zero-order valence-corrected chi connectivity index (χ0v) is 20.6. The fraction of sp³-hybridized carbons (Fsp3) is 0.281. The zero-order chi connectivity index (χ0) is 24.6. The van der Waals surface area contributed by atoms with E-state index in [0.29, 0.717) is 5.75 Å². The van der Waals surface area contributed by atoms with Crippen LogP contribution in [0.1, 0.15) is 56.9 Å². The summed E-state index contributed by atoms with van der Waals surface area (Å²) in [5.41, 5.74) is 1.95. The van der Waals surface area contributed by atoms with Gasteiger partial charge in [0.2, 0.25) is 0 Å². The number of hydrogen-bond acceptors (Lipinski definition) is 2. The SMILES string of the molecule is C=CC/C=C/C/C=C/CCCCCCCc1cccc(OC(=O)Nc2cccc3ccccc23)c1. The second-order valence-corrected chi connectivity index (χ2v) is 8.70. The van der Waals surface area contributed by atoms with Crippen LogP contribution in [-0.2, 0) is 6.42 Å². The number of unbranched alkanes of at least 4 members (excludes halogenated alkanes) is 5. The molecular formula is C32H37NO2. The van der Waals surface area contributed by atoms with Gasteiger partial charge in [-0.3, -0.25) is 5.32 Å². The van der Waals surface area contributed by atoms with Gasteiger partial charge in [0.05, 0.1) is 5.69 Å². The summed E-state index contributed by atoms with van der Waals surface area (Å²) in [6.07, 6.45) is 20.6. The van der Waals surface area contributed by atoms with E-state index in [4.69, 9.17) is 4.74 Å². The number of fused-ring (bicyclic) bond motifs is 1. The highest BCUT2D eigenvalue weighted by Crippen LogP contribution is 2.24. The Labute approximate surface area is 210 Å². The van der Waals surface area contributed by atoms with Gasteiger partial charge >= 0.3 is 6.09 Å². The van der Waals surface area contributed by atoms with E-state index in [2.05, 4.69) is 42.3 Å². The van der Waals surface area contributed by atoms with Crippen molar-refractivity contribution in [2.75, 3.05) is 5.32 Å². The van der Waals surface area contributed by atoms with Gasteiger partial charge in [0, 0.05) is 5.39 Å². The second-order valence-electron chi connectivity index (χ2n) is 8.70. The van der Waals surface area contributed by atoms with Gasteiger partial charge in [0.1, 0.15) is 5.75 Å². The van der Waals surface area contributed by atoms with Crippen molar-refractivity contribution in [3.63, 3.8) is 0 Å². The molecule has 3 heteroatoms. The Bertz CT molecular complexity index is 1120. The number of benzene rings is 3. The van der Waals surface area contributed by atoms with Gasteiger partial charge in [0.25, 0.3) is 0 Å². The lowest BCUT2D eigenvalue weighted by Crippen LogP contribution is -2.17. The molecule has 0 radical (unpaired) electrons. The van der Waals surface area contributed by atoms with Crippen LogP contribution in [0.3, 0.4) is 0 Å². The van der Waals surface area contributed by atoms with E-state index in [9.17, 15) is 4.79 Å². The fourth-order valence-corrected chi connectivity index (χ4v) is 4.04. The van der Waals surface area contributed by atoms with Gasteiger partial charge in [-0.25, -0.2) is 4.79 Å². The molecule has 0 aliphatic rings. The Morgan fingerprint density at radius 3 is 2.46 bits per heavy atom. The van der Waals surface area contributed by atoms with Crippen LogP contribution >= 0.6 is 0 Å². The molecule has 0 aliphatic heterocycles. The first-order valence-electron chi connectivity index (χ1n) is 12.7. The number of rotatable bonds is 14. The van der Waals surface area contributed by atoms with Crippen molar-refractivity contribution in [1.82, 2.24) is 0 Å². The number of carbonyl (C=O) groups excluding carboxylic acids is 1. The quantitative estimate of drug-likeness (QED) is 0.189. The van der Waals surface area contributed by atoms with Crippen molar-refractivity contribution in [3.8, 4) is 5.75 Å². The van der Waals surface area contributed by atoms with Crippen LogP contribution in [0.5, 0.6) is 5.75 Å². The standard InChI is InChI=1S/C32H37NO2/c1-2-3-4-5-6-7-8-9-10-11-12-13-14-19-27-20-17-23-29(26-27)35-32(34)33-31-25-18-22-28-21-15-16-24-30(28)31/h2,4-5,7-8,15-18,20-26H,1,3,6,9-14,19H2,(H,33,34)/b5-4+,8-7+. The van der Waals surface area contributed by atoms with Crippen molar-refractivity contribution >= 4 is 22.6 Å². The number of anilines is 1. The van der Waals surface area contributed by atoms with Crippen molar-refractivity contribution in [2.24, 2.45) is 0 Å². The summed E-state index contributed by atoms with van der Waals surface area (Å²) in [7, 11) is 0. The average Bonchev–Trinajstić information content (AvgIpc) is 2.87. The van der Waals surface area contributed by atoms with Gasteiger partial charge in [0.15, 0.2) is 0 Å². The fourth-order valence-electron chi connectivity index (χ4n) is 4.04. The van der Waals surface area contributed by atoms with Crippen LogP contribution in [0.25, 0.3) is 10.8 Å². The molecule has 0 atom stereocenters. The van der Waals surface area contributed by atoms with Crippen molar-refractivity contribution in [3.05, 3.63) is 109 Å². The highest BCUT2D eigenvalue weighted by molar-refractivity contribution is 6.00. The first-order chi connectivity index (χ1) is 17.3. The van der Waals surface area contributed by atoms with Crippen LogP contribution in [0, 0.1) is 0 Å². The Balaban J connectivity index is 1.33. The number of aryl methyl sites for hydroxylation is 1. The number of allylic oxidation sites excluding steroid dienone is 5. The van der Waals surface area contributed by atoms with E-state index in [-0.39, 0.29) is 0 Å². The molecule has 0 unspecified atom stereocenters. The molecule has 3 aromatic carbocycles. The summed E-state index contributed by atoms with van der Waals surface area (Å²) in [5, 5.41) is 4.95. The molecule has 3 aromatic rings. The Kier molecular flexibility index (Phi) is 11.4. The number of carbonyl (C=O) groups is 1. The summed E-state index contributed by atoms with van der Waals surface area (Å²) < 4.78 is 5.56. The molecule has 3 rings (SSSR count). The average molecular weight is 468 g/mol. The van der Waals surface area contributed by atoms with Crippen LogP contribution in [-0.4, -0.2) is 6.09 Å². The molecule has 0 saturated carbocycles. The molecule has 0 heterocycles. The first kappa shape index (κ1) is 26.0. The van der Waals surface area contributed by atoms with Gasteiger partial charge in [-0.2, -0.15) is 0 Å². The van der Waals surface area contributed by atoms with Gasteiger partial charge in [-0.15, -0.1) is 6.58 Å². The normalized spacial score (nSPS) is 11.3. The van der Waals surface area contributed by atoms with Crippen LogP contribution in [0.2, 0.25) is 0 Å². The largest absolute Gasteiger partial charge is 0.417 e. The molecule has 0 saturated heterocycles. The molecule has 0 fully saturated rings.